The third-order valence-electron chi connectivity index (χ3n) is 5.58. The Morgan fingerprint density at radius 3 is 2.91 bits per heavy atom. The summed E-state index contributed by atoms with van der Waals surface area (Å²) >= 11 is 1.65. The first-order valence-corrected chi connectivity index (χ1v) is 12.2. The highest BCUT2D eigenvalue weighted by molar-refractivity contribution is 7.96. The molecule has 0 radical (unpaired) electrons. The van der Waals surface area contributed by atoms with Gasteiger partial charge in [0, 0.05) is 23.8 Å². The summed E-state index contributed by atoms with van der Waals surface area (Å²) in [5.74, 6) is 7.28. The fourth-order valence-electron chi connectivity index (χ4n) is 4.00. The molecule has 2 unspecified atom stereocenters. The second-order valence-electron chi connectivity index (χ2n) is 8.22. The van der Waals surface area contributed by atoms with Crippen molar-refractivity contribution in [3.05, 3.63) is 58.9 Å². The predicted octanol–water partition coefficient (Wildman–Crippen LogP) is 2.16. The molecule has 0 aliphatic heterocycles. The summed E-state index contributed by atoms with van der Waals surface area (Å²) in [7, 11) is 1.61. The van der Waals surface area contributed by atoms with Crippen LogP contribution in [0.1, 0.15) is 46.6 Å². The molecule has 1 heterocycles. The summed E-state index contributed by atoms with van der Waals surface area (Å²) < 4.78 is 8.63. The number of carbonyl (C=O) groups excluding carboxylic acids is 1. The van der Waals surface area contributed by atoms with Crippen LogP contribution in [0.4, 0.5) is 0 Å². The lowest BCUT2D eigenvalue weighted by atomic mass is 10.1. The zero-order chi connectivity index (χ0) is 23.8. The average molecular weight is 472 g/mol. The number of rotatable bonds is 10. The zero-order valence-electron chi connectivity index (χ0n) is 19.4. The van der Waals surface area contributed by atoms with Crippen LogP contribution in [0.2, 0.25) is 0 Å². The first kappa shape index (κ1) is 24.8. The number of hydrogen-bond donors (Lipinski definition) is 4. The van der Waals surface area contributed by atoms with Gasteiger partial charge in [-0.25, -0.2) is 15.9 Å². The molecule has 1 aromatic heterocycles. The summed E-state index contributed by atoms with van der Waals surface area (Å²) in [6, 6.07) is 11.5. The van der Waals surface area contributed by atoms with Crippen LogP contribution in [-0.2, 0) is 6.54 Å². The van der Waals surface area contributed by atoms with Crippen molar-refractivity contribution in [2.24, 2.45) is 22.6 Å². The number of nitrogens with two attached hydrogens (primary N) is 2. The van der Waals surface area contributed by atoms with E-state index in [-0.39, 0.29) is 17.4 Å². The van der Waals surface area contributed by atoms with E-state index in [2.05, 4.69) is 20.1 Å². The maximum absolute atomic E-state index is 12.7. The third kappa shape index (κ3) is 7.34. The number of hydrazone groups is 1. The summed E-state index contributed by atoms with van der Waals surface area (Å²) in [6.07, 6.45) is 5.34. The van der Waals surface area contributed by atoms with Crippen molar-refractivity contribution in [3.63, 3.8) is 0 Å². The van der Waals surface area contributed by atoms with Crippen LogP contribution >= 0.6 is 11.9 Å². The molecule has 1 saturated carbocycles. The Morgan fingerprint density at radius 2 is 2.15 bits per heavy atom. The smallest absolute Gasteiger partial charge is 0.270 e. The van der Waals surface area contributed by atoms with Gasteiger partial charge in [0.2, 0.25) is 0 Å². The Labute approximate surface area is 199 Å². The summed E-state index contributed by atoms with van der Waals surface area (Å²) in [5, 5.41) is 8.63. The Morgan fingerprint density at radius 1 is 1.33 bits per heavy atom. The standard InChI is InChI=1S/C23H33N7O2S/c1-15-9-18(22(24)28-30(25)14-17-7-8-19(10-17)29-33-3)12-21(27-15)23(31)26-13-16-5-4-6-20(11-16)32-2/h4-6,9,11-12,17,19,29H,7-8,10,13-14,25H2,1-3H3,(H2,24,28)(H,26,31). The number of hydrogen-bond acceptors (Lipinski definition) is 8. The van der Waals surface area contributed by atoms with E-state index in [4.69, 9.17) is 16.3 Å². The molecule has 3 rings (SSSR count). The molecule has 0 spiro atoms. The van der Waals surface area contributed by atoms with Crippen LogP contribution in [0.15, 0.2) is 41.5 Å². The van der Waals surface area contributed by atoms with Crippen LogP contribution < -0.4 is 26.4 Å². The van der Waals surface area contributed by atoms with Gasteiger partial charge in [0.15, 0.2) is 5.84 Å². The summed E-state index contributed by atoms with van der Waals surface area (Å²) in [6.45, 7) is 2.80. The highest BCUT2D eigenvalue weighted by Gasteiger charge is 2.25. The van der Waals surface area contributed by atoms with Crippen molar-refractivity contribution >= 4 is 23.7 Å². The van der Waals surface area contributed by atoms with Crippen LogP contribution in [0.5, 0.6) is 5.75 Å². The molecule has 1 aliphatic rings. The Bertz CT molecular complexity index is 985. The lowest BCUT2D eigenvalue weighted by Gasteiger charge is -2.18. The van der Waals surface area contributed by atoms with E-state index in [0.717, 1.165) is 30.6 Å². The molecule has 9 nitrogen and oxygen atoms in total. The number of ether oxygens (including phenoxy) is 1. The molecule has 1 aliphatic carbocycles. The second kappa shape index (κ2) is 11.9. The van der Waals surface area contributed by atoms with Gasteiger partial charge >= 0.3 is 0 Å². The van der Waals surface area contributed by atoms with Crippen LogP contribution in [0, 0.1) is 12.8 Å². The Balaban J connectivity index is 1.62. The van der Waals surface area contributed by atoms with Gasteiger partial charge in [0.25, 0.3) is 5.91 Å². The van der Waals surface area contributed by atoms with Gasteiger partial charge in [0.05, 0.1) is 13.7 Å². The van der Waals surface area contributed by atoms with Crippen LogP contribution in [-0.4, -0.2) is 47.8 Å². The average Bonchev–Trinajstić information content (AvgIpc) is 3.23. The number of benzene rings is 1. The molecule has 33 heavy (non-hydrogen) atoms. The summed E-state index contributed by atoms with van der Waals surface area (Å²) in [4.78, 5) is 17.1. The monoisotopic (exact) mass is 471 g/mol. The lowest BCUT2D eigenvalue weighted by Crippen LogP contribution is -2.34. The first-order chi connectivity index (χ1) is 15.9. The molecule has 1 amide bonds. The van der Waals surface area contributed by atoms with Gasteiger partial charge in [-0.1, -0.05) is 24.1 Å². The number of nitrogens with one attached hydrogen (secondary N) is 2. The van der Waals surface area contributed by atoms with E-state index in [0.29, 0.717) is 36.3 Å². The fourth-order valence-corrected chi connectivity index (χ4v) is 4.55. The predicted molar refractivity (Wildman–Crippen MR) is 133 cm³/mol. The first-order valence-electron chi connectivity index (χ1n) is 10.9. The molecule has 1 fully saturated rings. The highest BCUT2D eigenvalue weighted by Crippen LogP contribution is 2.26. The largest absolute Gasteiger partial charge is 0.497 e. The maximum Gasteiger partial charge on any atom is 0.270 e. The van der Waals surface area contributed by atoms with E-state index in [9.17, 15) is 4.79 Å². The summed E-state index contributed by atoms with van der Waals surface area (Å²) in [5.41, 5.74) is 8.70. The van der Waals surface area contributed by atoms with Crippen molar-refractivity contribution in [3.8, 4) is 5.75 Å². The van der Waals surface area contributed by atoms with Crippen LogP contribution in [0.3, 0.4) is 0 Å². The minimum absolute atomic E-state index is 0.252. The molecule has 1 aromatic carbocycles. The second-order valence-corrected chi connectivity index (χ2v) is 8.87. The van der Waals surface area contributed by atoms with Crippen molar-refractivity contribution in [2.45, 2.75) is 38.8 Å². The molecule has 6 N–H and O–H groups in total. The Hall–Kier alpha value is -2.82. The number of hydrazine groups is 1. The molecule has 2 aromatic rings. The normalized spacial score (nSPS) is 18.2. The van der Waals surface area contributed by atoms with E-state index in [1.807, 2.05) is 37.4 Å². The zero-order valence-corrected chi connectivity index (χ0v) is 20.2. The van der Waals surface area contributed by atoms with Gasteiger partial charge in [-0.3, -0.25) is 9.52 Å². The minimum Gasteiger partial charge on any atom is -0.497 e. The van der Waals surface area contributed by atoms with Gasteiger partial charge < -0.3 is 15.8 Å². The van der Waals surface area contributed by atoms with E-state index >= 15 is 0 Å². The molecule has 10 heteroatoms. The number of carbonyl (C=O) groups is 1. The van der Waals surface area contributed by atoms with Gasteiger partial charge in [-0.2, -0.15) is 0 Å². The van der Waals surface area contributed by atoms with Gasteiger partial charge in [-0.05, 0) is 68.2 Å². The molecule has 2 atom stereocenters. The van der Waals surface area contributed by atoms with E-state index < -0.39 is 0 Å². The minimum atomic E-state index is -0.293. The topological polar surface area (TPSA) is 131 Å². The highest BCUT2D eigenvalue weighted by atomic mass is 32.2. The van der Waals surface area contributed by atoms with Crippen LogP contribution in [0.25, 0.3) is 0 Å². The molecular formula is C23H33N7O2S. The van der Waals surface area contributed by atoms with Gasteiger partial charge in [-0.15, -0.1) is 5.10 Å². The number of methoxy groups -OCH3 is 1. The molecule has 0 bridgehead atoms. The number of amides is 1. The number of aromatic nitrogens is 1. The van der Waals surface area contributed by atoms with E-state index in [1.165, 1.54) is 5.12 Å². The number of amidine groups is 1. The third-order valence-corrected chi connectivity index (χ3v) is 6.15. The van der Waals surface area contributed by atoms with Crippen molar-refractivity contribution < 1.29 is 9.53 Å². The van der Waals surface area contributed by atoms with E-state index in [1.54, 1.807) is 31.2 Å². The number of aryl methyl sites for hydroxylation is 1. The molecule has 0 saturated heterocycles. The van der Waals surface area contributed by atoms with Crippen molar-refractivity contribution in [1.29, 1.82) is 0 Å². The molecule has 178 valence electrons. The quantitative estimate of drug-likeness (QED) is 0.136. The van der Waals surface area contributed by atoms with Gasteiger partial charge in [0.1, 0.15) is 11.4 Å². The lowest BCUT2D eigenvalue weighted by molar-refractivity contribution is 0.0945. The Kier molecular flexibility index (Phi) is 8.93. The SMILES string of the molecule is COc1cccc(CNC(=O)c2cc(/C(N)=N/N(N)CC3CCC(NSC)C3)cc(C)n2)c1. The fraction of sp³-hybridized carbons (Fsp3) is 0.435. The molecular weight excluding hydrogens is 438 g/mol. The maximum atomic E-state index is 12.7. The van der Waals surface area contributed by atoms with Crippen molar-refractivity contribution in [1.82, 2.24) is 20.1 Å². The number of nitrogens with zero attached hydrogens (tertiary/aromatic N) is 3. The van der Waals surface area contributed by atoms with Crippen molar-refractivity contribution in [2.75, 3.05) is 19.9 Å². The number of pyridine rings is 1.